The zero-order valence-corrected chi connectivity index (χ0v) is 8.03. The van der Waals surface area contributed by atoms with Crippen LogP contribution in [0.4, 0.5) is 0 Å². The summed E-state index contributed by atoms with van der Waals surface area (Å²) in [6, 6.07) is 0.502. The second-order valence-electron chi connectivity index (χ2n) is 3.23. The van der Waals surface area contributed by atoms with Crippen molar-refractivity contribution in [2.45, 2.75) is 26.3 Å². The van der Waals surface area contributed by atoms with Gasteiger partial charge in [-0.1, -0.05) is 13.8 Å². The Labute approximate surface area is 72.6 Å². The van der Waals surface area contributed by atoms with Gasteiger partial charge in [0.2, 0.25) is 0 Å². The highest BCUT2D eigenvalue weighted by atomic mass is 32.2. The maximum absolute atomic E-state index is 5.74. The molecular formula is C8H16N2S. The molecule has 2 nitrogen and oxygen atoms in total. The van der Waals surface area contributed by atoms with E-state index in [0.717, 1.165) is 11.6 Å². The molecular weight excluding hydrogens is 156 g/mol. The molecule has 1 fully saturated rings. The Morgan fingerprint density at radius 2 is 2.36 bits per heavy atom. The average Bonchev–Trinajstić information content (AvgIpc) is 2.39. The molecule has 0 radical (unpaired) electrons. The largest absolute Gasteiger partial charge is 0.387 e. The molecule has 0 aromatic heterocycles. The van der Waals surface area contributed by atoms with Gasteiger partial charge in [-0.05, 0) is 12.2 Å². The summed E-state index contributed by atoms with van der Waals surface area (Å²) in [5.41, 5.74) is 5.74. The standard InChI is InChI=1S/C8H16N2S/c1-6(2)8(9)10-7-3-4-11-5-7/h6-7H,3-5H2,1-2H3,(H2,9,10). The van der Waals surface area contributed by atoms with E-state index in [1.54, 1.807) is 0 Å². The van der Waals surface area contributed by atoms with Crippen LogP contribution < -0.4 is 5.73 Å². The van der Waals surface area contributed by atoms with Crippen molar-refractivity contribution in [3.63, 3.8) is 0 Å². The number of hydrogen-bond acceptors (Lipinski definition) is 2. The lowest BCUT2D eigenvalue weighted by Crippen LogP contribution is -2.22. The van der Waals surface area contributed by atoms with E-state index in [2.05, 4.69) is 18.8 Å². The van der Waals surface area contributed by atoms with Gasteiger partial charge in [0.15, 0.2) is 0 Å². The molecule has 2 N–H and O–H groups in total. The molecule has 0 aliphatic carbocycles. The molecule has 0 aromatic carbocycles. The molecule has 1 atom stereocenters. The van der Waals surface area contributed by atoms with Gasteiger partial charge in [0, 0.05) is 11.7 Å². The van der Waals surface area contributed by atoms with Crippen LogP contribution >= 0.6 is 11.8 Å². The number of hydrogen-bond donors (Lipinski definition) is 1. The Balaban J connectivity index is 2.42. The maximum Gasteiger partial charge on any atom is 0.0966 e. The second-order valence-corrected chi connectivity index (χ2v) is 4.38. The minimum Gasteiger partial charge on any atom is -0.387 e. The van der Waals surface area contributed by atoms with E-state index in [9.17, 15) is 0 Å². The minimum atomic E-state index is 0.403. The van der Waals surface area contributed by atoms with Crippen molar-refractivity contribution >= 4 is 17.6 Å². The summed E-state index contributed by atoms with van der Waals surface area (Å²) in [7, 11) is 0. The molecule has 64 valence electrons. The first-order valence-corrected chi connectivity index (χ1v) is 5.26. The summed E-state index contributed by atoms with van der Waals surface area (Å²) in [5.74, 6) is 3.63. The van der Waals surface area contributed by atoms with Crippen LogP contribution in [0.5, 0.6) is 0 Å². The molecule has 0 saturated carbocycles. The lowest BCUT2D eigenvalue weighted by atomic mass is 10.2. The minimum absolute atomic E-state index is 0.403. The van der Waals surface area contributed by atoms with Gasteiger partial charge in [0.25, 0.3) is 0 Å². The van der Waals surface area contributed by atoms with Crippen LogP contribution in [0.3, 0.4) is 0 Å². The van der Waals surface area contributed by atoms with Crippen molar-refractivity contribution in [3.05, 3.63) is 0 Å². The van der Waals surface area contributed by atoms with Crippen LogP contribution in [-0.2, 0) is 0 Å². The summed E-state index contributed by atoms with van der Waals surface area (Å²) in [6.07, 6.45) is 1.21. The van der Waals surface area contributed by atoms with Crippen molar-refractivity contribution < 1.29 is 0 Å². The highest BCUT2D eigenvalue weighted by Gasteiger charge is 2.14. The fourth-order valence-corrected chi connectivity index (χ4v) is 2.10. The molecule has 1 unspecified atom stereocenters. The van der Waals surface area contributed by atoms with Gasteiger partial charge in [0.05, 0.1) is 11.9 Å². The van der Waals surface area contributed by atoms with E-state index < -0.39 is 0 Å². The molecule has 0 aromatic rings. The Hall–Kier alpha value is -0.180. The van der Waals surface area contributed by atoms with Crippen LogP contribution in [0, 0.1) is 5.92 Å². The number of thioether (sulfide) groups is 1. The van der Waals surface area contributed by atoms with E-state index in [0.29, 0.717) is 12.0 Å². The summed E-state index contributed by atoms with van der Waals surface area (Å²) in [6.45, 7) is 4.17. The first-order chi connectivity index (χ1) is 5.20. The quantitative estimate of drug-likeness (QED) is 0.506. The summed E-state index contributed by atoms with van der Waals surface area (Å²) < 4.78 is 0. The molecule has 1 rings (SSSR count). The third-order valence-electron chi connectivity index (χ3n) is 1.83. The molecule has 0 bridgehead atoms. The third-order valence-corrected chi connectivity index (χ3v) is 2.97. The number of nitrogens with zero attached hydrogens (tertiary/aromatic N) is 1. The monoisotopic (exact) mass is 172 g/mol. The molecule has 3 heteroatoms. The summed E-state index contributed by atoms with van der Waals surface area (Å²) in [4.78, 5) is 4.45. The van der Waals surface area contributed by atoms with Gasteiger partial charge in [-0.2, -0.15) is 11.8 Å². The zero-order chi connectivity index (χ0) is 8.27. The third kappa shape index (κ3) is 2.73. The maximum atomic E-state index is 5.74. The van der Waals surface area contributed by atoms with E-state index in [1.165, 1.54) is 12.2 Å². The normalized spacial score (nSPS) is 26.5. The highest BCUT2D eigenvalue weighted by Crippen LogP contribution is 2.20. The van der Waals surface area contributed by atoms with Crippen LogP contribution in [0.1, 0.15) is 20.3 Å². The van der Waals surface area contributed by atoms with Crippen LogP contribution in [0.25, 0.3) is 0 Å². The molecule has 1 aliphatic heterocycles. The first-order valence-electron chi connectivity index (χ1n) is 4.11. The van der Waals surface area contributed by atoms with Gasteiger partial charge in [-0.25, -0.2) is 0 Å². The Kier molecular flexibility index (Phi) is 3.24. The second kappa shape index (κ2) is 4.00. The zero-order valence-electron chi connectivity index (χ0n) is 7.21. The molecule has 1 saturated heterocycles. The first kappa shape index (κ1) is 8.91. The lowest BCUT2D eigenvalue weighted by molar-refractivity contribution is 0.739. The van der Waals surface area contributed by atoms with Gasteiger partial charge in [-0.3, -0.25) is 4.99 Å². The number of aliphatic imine (C=N–C) groups is 1. The summed E-state index contributed by atoms with van der Waals surface area (Å²) in [5, 5.41) is 0. The van der Waals surface area contributed by atoms with Crippen molar-refractivity contribution in [2.24, 2.45) is 16.6 Å². The Morgan fingerprint density at radius 1 is 1.64 bits per heavy atom. The van der Waals surface area contributed by atoms with Crippen LogP contribution in [0.2, 0.25) is 0 Å². The van der Waals surface area contributed by atoms with E-state index in [1.807, 2.05) is 11.8 Å². The molecule has 0 spiro atoms. The van der Waals surface area contributed by atoms with Gasteiger partial charge >= 0.3 is 0 Å². The van der Waals surface area contributed by atoms with Gasteiger partial charge in [0.1, 0.15) is 0 Å². The van der Waals surface area contributed by atoms with Crippen LogP contribution in [-0.4, -0.2) is 23.4 Å². The number of amidine groups is 1. The predicted octanol–water partition coefficient (Wildman–Crippen LogP) is 1.51. The van der Waals surface area contributed by atoms with E-state index in [-0.39, 0.29) is 0 Å². The molecule has 11 heavy (non-hydrogen) atoms. The van der Waals surface area contributed by atoms with Gasteiger partial charge in [-0.15, -0.1) is 0 Å². The fraction of sp³-hybridized carbons (Fsp3) is 0.875. The van der Waals surface area contributed by atoms with Gasteiger partial charge < -0.3 is 5.73 Å². The number of rotatable bonds is 2. The SMILES string of the molecule is CC(C)C(N)=NC1CCSC1. The van der Waals surface area contributed by atoms with Crippen molar-refractivity contribution in [3.8, 4) is 0 Å². The Bertz CT molecular complexity index is 148. The van der Waals surface area contributed by atoms with Crippen molar-refractivity contribution in [2.75, 3.05) is 11.5 Å². The molecule has 1 heterocycles. The van der Waals surface area contributed by atoms with Crippen LogP contribution in [0.15, 0.2) is 4.99 Å². The van der Waals surface area contributed by atoms with E-state index in [4.69, 9.17) is 5.73 Å². The smallest absolute Gasteiger partial charge is 0.0966 e. The lowest BCUT2D eigenvalue weighted by Gasteiger charge is -2.07. The van der Waals surface area contributed by atoms with E-state index >= 15 is 0 Å². The topological polar surface area (TPSA) is 38.4 Å². The number of nitrogens with two attached hydrogens (primary N) is 1. The predicted molar refractivity (Wildman–Crippen MR) is 52.2 cm³/mol. The van der Waals surface area contributed by atoms with Crippen molar-refractivity contribution in [1.29, 1.82) is 0 Å². The average molecular weight is 172 g/mol. The fourth-order valence-electron chi connectivity index (χ4n) is 0.984. The highest BCUT2D eigenvalue weighted by molar-refractivity contribution is 7.99. The Morgan fingerprint density at radius 3 is 2.82 bits per heavy atom. The summed E-state index contributed by atoms with van der Waals surface area (Å²) >= 11 is 1.97. The molecule has 0 amide bonds. The van der Waals surface area contributed by atoms with Crippen molar-refractivity contribution in [1.82, 2.24) is 0 Å². The molecule has 1 aliphatic rings.